The molecule has 0 aromatic rings. The van der Waals surface area contributed by atoms with E-state index in [2.05, 4.69) is 6.92 Å². The molecule has 0 amide bonds. The van der Waals surface area contributed by atoms with Gasteiger partial charge in [0.2, 0.25) is 0 Å². The van der Waals surface area contributed by atoms with Gasteiger partial charge in [0.25, 0.3) is 0 Å². The maximum absolute atomic E-state index is 5.75. The lowest BCUT2D eigenvalue weighted by Gasteiger charge is -2.01. The Hall–Kier alpha value is 0.507. The fourth-order valence-corrected chi connectivity index (χ4v) is 2.87. The lowest BCUT2D eigenvalue weighted by Crippen LogP contribution is -1.82. The molecule has 0 spiro atoms. The maximum Gasteiger partial charge on any atom is 0.125 e. The molecule has 0 saturated carbocycles. The van der Waals surface area contributed by atoms with Crippen LogP contribution in [-0.2, 0) is 0 Å². The first-order valence-electron chi connectivity index (χ1n) is 6.47. The van der Waals surface area contributed by atoms with Crippen molar-refractivity contribution < 1.29 is 0 Å². The molecule has 0 aliphatic rings. The molecule has 0 aromatic heterocycles. The van der Waals surface area contributed by atoms with E-state index in [9.17, 15) is 0 Å². The van der Waals surface area contributed by atoms with E-state index >= 15 is 0 Å². The molecule has 2 heteroatoms. The lowest BCUT2D eigenvalue weighted by atomic mass is 10.1. The van der Waals surface area contributed by atoms with Gasteiger partial charge < -0.3 is 0 Å². The molecule has 0 aliphatic carbocycles. The summed E-state index contributed by atoms with van der Waals surface area (Å²) < 4.78 is 0. The Labute approximate surface area is 97.3 Å². The fraction of sp³-hybridized carbons (Fsp3) is 1.00. The summed E-state index contributed by atoms with van der Waals surface area (Å²) >= 11 is 5.75. The van der Waals surface area contributed by atoms with Crippen LogP contribution in [0.3, 0.4) is 0 Å². The number of hydrogen-bond donors (Lipinski definition) is 0. The molecule has 0 aromatic carbocycles. The highest BCUT2D eigenvalue weighted by atomic mass is 35.6. The van der Waals surface area contributed by atoms with Crippen molar-refractivity contribution >= 4 is 19.9 Å². The molecule has 0 radical (unpaired) electrons. The van der Waals surface area contributed by atoms with Gasteiger partial charge in [-0.1, -0.05) is 71.1 Å². The number of rotatable bonds is 11. The Morgan fingerprint density at radius 3 is 1.57 bits per heavy atom. The first-order valence-corrected chi connectivity index (χ1v) is 9.61. The summed E-state index contributed by atoms with van der Waals surface area (Å²) in [4.78, 5) is 0. The van der Waals surface area contributed by atoms with Crippen molar-refractivity contribution in [3.8, 4) is 0 Å². The largest absolute Gasteiger partial charge is 0.176 e. The van der Waals surface area contributed by atoms with Crippen LogP contribution in [0.5, 0.6) is 0 Å². The van der Waals surface area contributed by atoms with Gasteiger partial charge in [0.1, 0.15) is 8.83 Å². The van der Waals surface area contributed by atoms with Crippen LogP contribution < -0.4 is 0 Å². The van der Waals surface area contributed by atoms with Gasteiger partial charge in [-0.25, -0.2) is 0 Å². The van der Waals surface area contributed by atoms with Crippen molar-refractivity contribution in [2.45, 2.75) is 77.2 Å². The van der Waals surface area contributed by atoms with Gasteiger partial charge in [-0.05, 0) is 6.04 Å². The van der Waals surface area contributed by atoms with E-state index in [-0.39, 0.29) is 8.83 Å². The van der Waals surface area contributed by atoms with Gasteiger partial charge in [0, 0.05) is 0 Å². The summed E-state index contributed by atoms with van der Waals surface area (Å²) in [6.07, 6.45) is 14.3. The van der Waals surface area contributed by atoms with E-state index in [0.717, 1.165) is 0 Å². The highest BCUT2D eigenvalue weighted by Crippen LogP contribution is 2.11. The molecule has 0 rings (SSSR count). The van der Waals surface area contributed by atoms with Crippen LogP contribution in [-0.4, -0.2) is 8.83 Å². The fourth-order valence-electron chi connectivity index (χ4n) is 1.76. The van der Waals surface area contributed by atoms with Gasteiger partial charge in [0.15, 0.2) is 0 Å². The maximum atomic E-state index is 5.75. The third-order valence-electron chi connectivity index (χ3n) is 2.74. The summed E-state index contributed by atoms with van der Waals surface area (Å²) in [5, 5.41) is 0. The van der Waals surface area contributed by atoms with E-state index in [0.29, 0.717) is 0 Å². The Kier molecular flexibility index (Phi) is 14.0. The average molecular weight is 235 g/mol. The molecular formula is C12H27ClSi. The summed E-state index contributed by atoms with van der Waals surface area (Å²) in [7, 11) is -0.167. The SMILES string of the molecule is CCCCCCCCCCCC[SiH2]Cl. The lowest BCUT2D eigenvalue weighted by molar-refractivity contribution is 0.562. The van der Waals surface area contributed by atoms with Crippen LogP contribution in [0.2, 0.25) is 6.04 Å². The quantitative estimate of drug-likeness (QED) is 0.277. The minimum absolute atomic E-state index is 0.167. The molecule has 0 heterocycles. The number of unbranched alkanes of at least 4 members (excludes halogenated alkanes) is 9. The van der Waals surface area contributed by atoms with E-state index in [1.807, 2.05) is 0 Å². The van der Waals surface area contributed by atoms with Crippen LogP contribution in [0.15, 0.2) is 0 Å². The van der Waals surface area contributed by atoms with Crippen LogP contribution in [0.4, 0.5) is 0 Å². The second kappa shape index (κ2) is 13.5. The van der Waals surface area contributed by atoms with Gasteiger partial charge in [-0.15, -0.1) is 0 Å². The summed E-state index contributed by atoms with van der Waals surface area (Å²) in [5.74, 6) is 0. The molecule has 0 unspecified atom stereocenters. The zero-order valence-electron chi connectivity index (χ0n) is 9.86. The average Bonchev–Trinajstić information content (AvgIpc) is 2.21. The molecular weight excluding hydrogens is 208 g/mol. The van der Waals surface area contributed by atoms with Crippen LogP contribution in [0, 0.1) is 0 Å². The van der Waals surface area contributed by atoms with E-state index in [1.165, 1.54) is 70.3 Å². The van der Waals surface area contributed by atoms with Crippen molar-refractivity contribution in [2.24, 2.45) is 0 Å². The predicted octanol–water partition coefficient (Wildman–Crippen LogP) is 4.65. The second-order valence-corrected chi connectivity index (χ2v) is 6.44. The van der Waals surface area contributed by atoms with Gasteiger partial charge >= 0.3 is 0 Å². The molecule has 14 heavy (non-hydrogen) atoms. The third-order valence-corrected chi connectivity index (χ3v) is 4.31. The van der Waals surface area contributed by atoms with Crippen molar-refractivity contribution in [3.05, 3.63) is 0 Å². The molecule has 0 fully saturated rings. The minimum atomic E-state index is -0.167. The molecule has 0 nitrogen and oxygen atoms in total. The highest BCUT2D eigenvalue weighted by Gasteiger charge is 1.92. The summed E-state index contributed by atoms with van der Waals surface area (Å²) in [5.41, 5.74) is 0. The van der Waals surface area contributed by atoms with Crippen molar-refractivity contribution in [3.63, 3.8) is 0 Å². The Morgan fingerprint density at radius 1 is 0.714 bits per heavy atom. The van der Waals surface area contributed by atoms with Crippen molar-refractivity contribution in [2.75, 3.05) is 0 Å². The molecule has 0 saturated heterocycles. The highest BCUT2D eigenvalue weighted by molar-refractivity contribution is 6.93. The molecule has 86 valence electrons. The third kappa shape index (κ3) is 12.5. The van der Waals surface area contributed by atoms with Crippen LogP contribution in [0.1, 0.15) is 71.1 Å². The van der Waals surface area contributed by atoms with Gasteiger partial charge in [-0.3, -0.25) is 0 Å². The van der Waals surface area contributed by atoms with E-state index in [4.69, 9.17) is 11.1 Å². The van der Waals surface area contributed by atoms with Crippen molar-refractivity contribution in [1.82, 2.24) is 0 Å². The minimum Gasteiger partial charge on any atom is -0.176 e. The Bertz CT molecular complexity index is 84.3. The zero-order valence-corrected chi connectivity index (χ0v) is 12.0. The van der Waals surface area contributed by atoms with E-state index in [1.54, 1.807) is 0 Å². The van der Waals surface area contributed by atoms with E-state index < -0.39 is 0 Å². The smallest absolute Gasteiger partial charge is 0.125 e. The molecule has 0 N–H and O–H groups in total. The van der Waals surface area contributed by atoms with Gasteiger partial charge in [-0.2, -0.15) is 11.1 Å². The monoisotopic (exact) mass is 234 g/mol. The zero-order chi connectivity index (χ0) is 10.5. The van der Waals surface area contributed by atoms with Crippen LogP contribution >= 0.6 is 11.1 Å². The molecule has 0 atom stereocenters. The normalized spacial score (nSPS) is 11.6. The van der Waals surface area contributed by atoms with Crippen LogP contribution in [0.25, 0.3) is 0 Å². The summed E-state index contributed by atoms with van der Waals surface area (Å²) in [6, 6.07) is 1.35. The molecule has 0 bridgehead atoms. The first-order chi connectivity index (χ1) is 6.91. The van der Waals surface area contributed by atoms with Gasteiger partial charge in [0.05, 0.1) is 0 Å². The first kappa shape index (κ1) is 14.5. The summed E-state index contributed by atoms with van der Waals surface area (Å²) in [6.45, 7) is 2.28. The topological polar surface area (TPSA) is 0 Å². The predicted molar refractivity (Wildman–Crippen MR) is 71.0 cm³/mol. The number of hydrogen-bond acceptors (Lipinski definition) is 0. The second-order valence-electron chi connectivity index (χ2n) is 4.22. The Morgan fingerprint density at radius 2 is 1.14 bits per heavy atom. The molecule has 0 aliphatic heterocycles. The number of halogens is 1. The van der Waals surface area contributed by atoms with Crippen molar-refractivity contribution in [1.29, 1.82) is 0 Å². The Balaban J connectivity index is 2.78. The standard InChI is InChI=1S/C12H27ClSi/c1-2-3-4-5-6-7-8-9-10-11-12-14-13/h2-12,14H2,1H3.